The summed E-state index contributed by atoms with van der Waals surface area (Å²) >= 11 is 3.05. The van der Waals surface area contributed by atoms with Gasteiger partial charge >= 0.3 is 0 Å². The Balaban J connectivity index is 2.76. The van der Waals surface area contributed by atoms with E-state index < -0.39 is 0 Å². The number of carbonyl (C=O) groups excluding carboxylic acids is 1. The number of carbonyl (C=O) groups is 1. The highest BCUT2D eigenvalue weighted by molar-refractivity contribution is 9.10. The minimum atomic E-state index is -0.379. The van der Waals surface area contributed by atoms with Gasteiger partial charge in [0.05, 0.1) is 11.1 Å². The standard InChI is InChI=1S/C11H13BrFNO2/c1-14(5-6-16-2)11(15)8-3-4-10(13)9(12)7-8/h3-4,7H,5-6H2,1-2H3. The Morgan fingerprint density at radius 2 is 2.25 bits per heavy atom. The van der Waals surface area contributed by atoms with E-state index in [1.165, 1.54) is 23.1 Å². The summed E-state index contributed by atoms with van der Waals surface area (Å²) in [6, 6.07) is 4.20. The average molecular weight is 290 g/mol. The zero-order chi connectivity index (χ0) is 12.1. The van der Waals surface area contributed by atoms with Gasteiger partial charge in [-0.1, -0.05) is 0 Å². The van der Waals surface area contributed by atoms with Gasteiger partial charge in [0.1, 0.15) is 5.82 Å². The topological polar surface area (TPSA) is 29.5 Å². The molecule has 0 bridgehead atoms. The minimum Gasteiger partial charge on any atom is -0.383 e. The molecule has 0 aliphatic rings. The molecule has 0 aliphatic heterocycles. The van der Waals surface area contributed by atoms with Gasteiger partial charge in [0.25, 0.3) is 5.91 Å². The van der Waals surface area contributed by atoms with Crippen LogP contribution in [0.5, 0.6) is 0 Å². The summed E-state index contributed by atoms with van der Waals surface area (Å²) in [5, 5.41) is 0. The Morgan fingerprint density at radius 3 is 2.81 bits per heavy atom. The predicted octanol–water partition coefficient (Wildman–Crippen LogP) is 2.31. The van der Waals surface area contributed by atoms with E-state index in [0.29, 0.717) is 23.2 Å². The van der Waals surface area contributed by atoms with E-state index in [1.807, 2.05) is 0 Å². The molecule has 0 heterocycles. The van der Waals surface area contributed by atoms with E-state index in [-0.39, 0.29) is 11.7 Å². The van der Waals surface area contributed by atoms with E-state index in [9.17, 15) is 9.18 Å². The summed E-state index contributed by atoms with van der Waals surface area (Å²) in [4.78, 5) is 13.4. The summed E-state index contributed by atoms with van der Waals surface area (Å²) in [6.45, 7) is 0.981. The molecule has 0 fully saturated rings. The normalized spacial score (nSPS) is 10.2. The molecular formula is C11H13BrFNO2. The van der Waals surface area contributed by atoms with Gasteiger partial charge in [0.15, 0.2) is 0 Å². The number of benzene rings is 1. The molecule has 3 nitrogen and oxygen atoms in total. The van der Waals surface area contributed by atoms with Crippen molar-refractivity contribution in [2.24, 2.45) is 0 Å². The Bertz CT molecular complexity index is 384. The zero-order valence-electron chi connectivity index (χ0n) is 9.17. The molecule has 1 rings (SSSR count). The largest absolute Gasteiger partial charge is 0.383 e. The molecule has 0 saturated carbocycles. The van der Waals surface area contributed by atoms with Crippen LogP contribution < -0.4 is 0 Å². The fraction of sp³-hybridized carbons (Fsp3) is 0.364. The lowest BCUT2D eigenvalue weighted by Gasteiger charge is -2.16. The van der Waals surface area contributed by atoms with Crippen LogP contribution in [0.15, 0.2) is 22.7 Å². The summed E-state index contributed by atoms with van der Waals surface area (Å²) in [5.41, 5.74) is 0.451. The van der Waals surface area contributed by atoms with Crippen LogP contribution in [0.25, 0.3) is 0 Å². The third-order valence-electron chi connectivity index (χ3n) is 2.14. The quantitative estimate of drug-likeness (QED) is 0.851. The molecule has 0 unspecified atom stereocenters. The molecule has 1 amide bonds. The van der Waals surface area contributed by atoms with Crippen LogP contribution in [0.2, 0.25) is 0 Å². The molecule has 0 spiro atoms. The number of nitrogens with zero attached hydrogens (tertiary/aromatic N) is 1. The first-order chi connectivity index (χ1) is 7.56. The molecule has 1 aromatic carbocycles. The van der Waals surface area contributed by atoms with Gasteiger partial charge in [0, 0.05) is 26.3 Å². The Kier molecular flexibility index (Phi) is 4.89. The highest BCUT2D eigenvalue weighted by Crippen LogP contribution is 2.17. The number of amides is 1. The van der Waals surface area contributed by atoms with Crippen LogP contribution in [0, 0.1) is 5.82 Å². The highest BCUT2D eigenvalue weighted by atomic mass is 79.9. The number of methoxy groups -OCH3 is 1. The summed E-state index contributed by atoms with van der Waals surface area (Å²) < 4.78 is 18.1. The van der Waals surface area contributed by atoms with Crippen molar-refractivity contribution in [1.29, 1.82) is 0 Å². The second-order valence-corrected chi connectivity index (χ2v) is 4.20. The third-order valence-corrected chi connectivity index (χ3v) is 2.75. The van der Waals surface area contributed by atoms with Crippen molar-refractivity contribution in [3.05, 3.63) is 34.1 Å². The Labute approximate surface area is 102 Å². The molecule has 0 saturated heterocycles. The van der Waals surface area contributed by atoms with Gasteiger partial charge in [-0.15, -0.1) is 0 Å². The molecule has 1 aromatic rings. The second kappa shape index (κ2) is 5.96. The van der Waals surface area contributed by atoms with Gasteiger partial charge in [-0.25, -0.2) is 4.39 Å². The van der Waals surface area contributed by atoms with E-state index >= 15 is 0 Å². The molecule has 0 atom stereocenters. The van der Waals surface area contributed by atoms with E-state index in [1.54, 1.807) is 14.2 Å². The number of halogens is 2. The minimum absolute atomic E-state index is 0.155. The number of hydrogen-bond donors (Lipinski definition) is 0. The van der Waals surface area contributed by atoms with Gasteiger partial charge in [-0.2, -0.15) is 0 Å². The molecule has 0 aromatic heterocycles. The molecule has 0 aliphatic carbocycles. The summed E-state index contributed by atoms with van der Waals surface area (Å²) in [7, 11) is 3.26. The number of rotatable bonds is 4. The molecule has 16 heavy (non-hydrogen) atoms. The van der Waals surface area contributed by atoms with Crippen LogP contribution in [-0.4, -0.2) is 38.1 Å². The first-order valence-electron chi connectivity index (χ1n) is 4.75. The van der Waals surface area contributed by atoms with Gasteiger partial charge in [-0.05, 0) is 34.1 Å². The average Bonchev–Trinajstić information content (AvgIpc) is 2.28. The van der Waals surface area contributed by atoms with Gasteiger partial charge in [-0.3, -0.25) is 4.79 Å². The van der Waals surface area contributed by atoms with Gasteiger partial charge in [0.2, 0.25) is 0 Å². The number of ether oxygens (including phenoxy) is 1. The lowest BCUT2D eigenvalue weighted by Crippen LogP contribution is -2.29. The lowest BCUT2D eigenvalue weighted by molar-refractivity contribution is 0.0744. The van der Waals surface area contributed by atoms with E-state index in [0.717, 1.165) is 0 Å². The predicted molar refractivity (Wildman–Crippen MR) is 62.9 cm³/mol. The van der Waals surface area contributed by atoms with Crippen LogP contribution >= 0.6 is 15.9 Å². The van der Waals surface area contributed by atoms with Crippen LogP contribution in [0.3, 0.4) is 0 Å². The van der Waals surface area contributed by atoms with Crippen LogP contribution in [0.1, 0.15) is 10.4 Å². The molecule has 88 valence electrons. The van der Waals surface area contributed by atoms with Crippen molar-refractivity contribution in [2.75, 3.05) is 27.3 Å². The fourth-order valence-corrected chi connectivity index (χ4v) is 1.56. The van der Waals surface area contributed by atoms with Crippen molar-refractivity contribution in [1.82, 2.24) is 4.90 Å². The third kappa shape index (κ3) is 3.28. The maximum absolute atomic E-state index is 13.0. The van der Waals surface area contributed by atoms with Gasteiger partial charge < -0.3 is 9.64 Å². The molecule has 0 radical (unpaired) electrons. The molecule has 5 heteroatoms. The van der Waals surface area contributed by atoms with Crippen LogP contribution in [0.4, 0.5) is 4.39 Å². The first-order valence-corrected chi connectivity index (χ1v) is 5.55. The molecule has 0 N–H and O–H groups in total. The lowest BCUT2D eigenvalue weighted by atomic mass is 10.2. The SMILES string of the molecule is COCCN(C)C(=O)c1ccc(F)c(Br)c1. The first kappa shape index (κ1) is 13.1. The summed E-state index contributed by atoms with van der Waals surface area (Å²) in [5.74, 6) is -0.533. The summed E-state index contributed by atoms with van der Waals surface area (Å²) in [6.07, 6.45) is 0. The van der Waals surface area contributed by atoms with Crippen molar-refractivity contribution in [3.63, 3.8) is 0 Å². The zero-order valence-corrected chi connectivity index (χ0v) is 10.8. The maximum atomic E-state index is 13.0. The fourth-order valence-electron chi connectivity index (χ4n) is 1.18. The van der Waals surface area contributed by atoms with E-state index in [2.05, 4.69) is 15.9 Å². The van der Waals surface area contributed by atoms with Crippen molar-refractivity contribution < 1.29 is 13.9 Å². The van der Waals surface area contributed by atoms with Crippen LogP contribution in [-0.2, 0) is 4.74 Å². The van der Waals surface area contributed by atoms with Crippen molar-refractivity contribution in [3.8, 4) is 0 Å². The van der Waals surface area contributed by atoms with E-state index in [4.69, 9.17) is 4.74 Å². The Morgan fingerprint density at radius 1 is 1.56 bits per heavy atom. The Hall–Kier alpha value is -0.940. The molecular weight excluding hydrogens is 277 g/mol. The smallest absolute Gasteiger partial charge is 0.253 e. The van der Waals surface area contributed by atoms with Crippen molar-refractivity contribution in [2.45, 2.75) is 0 Å². The monoisotopic (exact) mass is 289 g/mol. The number of likely N-dealkylation sites (N-methyl/N-ethyl adjacent to an activating group) is 1. The maximum Gasteiger partial charge on any atom is 0.253 e. The second-order valence-electron chi connectivity index (χ2n) is 3.35. The number of hydrogen-bond acceptors (Lipinski definition) is 2. The van der Waals surface area contributed by atoms with Crippen molar-refractivity contribution >= 4 is 21.8 Å². The highest BCUT2D eigenvalue weighted by Gasteiger charge is 2.12.